The standard InChI is InChI=1S/C25H27ClN2O2S/c1-3-24(29)28(16-21-5-4-12-30-21)15-19-13-18-8-11-22(31-2)14-23(18)27-25(19)17-6-9-20(26)10-7-17/h6-11,13-14,21H,3-5,12,15-16H2,1-2H3/t21-/m1/s1. The molecule has 4 rings (SSSR count). The molecule has 0 N–H and O–H groups in total. The lowest BCUT2D eigenvalue weighted by Crippen LogP contribution is -2.36. The maximum Gasteiger partial charge on any atom is 0.222 e. The summed E-state index contributed by atoms with van der Waals surface area (Å²) in [5.41, 5.74) is 3.88. The van der Waals surface area contributed by atoms with Crippen molar-refractivity contribution in [2.45, 2.75) is 43.7 Å². The summed E-state index contributed by atoms with van der Waals surface area (Å²) in [6.45, 7) is 3.82. The molecule has 2 heterocycles. The lowest BCUT2D eigenvalue weighted by molar-refractivity contribution is -0.133. The molecule has 0 saturated carbocycles. The van der Waals surface area contributed by atoms with Crippen LogP contribution in [0.1, 0.15) is 31.7 Å². The van der Waals surface area contributed by atoms with Gasteiger partial charge in [-0.3, -0.25) is 4.79 Å². The Kier molecular flexibility index (Phi) is 7.16. The predicted octanol–water partition coefficient (Wildman–Crippen LogP) is 6.19. The third kappa shape index (κ3) is 5.22. The van der Waals surface area contributed by atoms with Crippen LogP contribution in [0.25, 0.3) is 22.2 Å². The molecule has 0 bridgehead atoms. The van der Waals surface area contributed by atoms with Crippen LogP contribution in [-0.4, -0.2) is 41.3 Å². The van der Waals surface area contributed by atoms with Crippen LogP contribution in [0, 0.1) is 0 Å². The average molecular weight is 455 g/mol. The lowest BCUT2D eigenvalue weighted by atomic mass is 10.0. The van der Waals surface area contributed by atoms with E-state index in [0.29, 0.717) is 24.5 Å². The van der Waals surface area contributed by atoms with Gasteiger partial charge in [-0.25, -0.2) is 4.98 Å². The molecule has 0 aliphatic carbocycles. The van der Waals surface area contributed by atoms with Gasteiger partial charge in [0.25, 0.3) is 0 Å². The first kappa shape index (κ1) is 22.1. The fourth-order valence-electron chi connectivity index (χ4n) is 4.01. The highest BCUT2D eigenvalue weighted by Crippen LogP contribution is 2.30. The van der Waals surface area contributed by atoms with Crippen LogP contribution in [0.3, 0.4) is 0 Å². The molecule has 1 aromatic heterocycles. The quantitative estimate of drug-likeness (QED) is 0.399. The maximum atomic E-state index is 12.8. The van der Waals surface area contributed by atoms with E-state index in [4.69, 9.17) is 21.3 Å². The third-order valence-electron chi connectivity index (χ3n) is 5.69. The first-order valence-corrected chi connectivity index (χ1v) is 12.3. The summed E-state index contributed by atoms with van der Waals surface area (Å²) in [6, 6.07) is 16.2. The topological polar surface area (TPSA) is 42.4 Å². The fourth-order valence-corrected chi connectivity index (χ4v) is 4.57. The summed E-state index contributed by atoms with van der Waals surface area (Å²) in [5, 5.41) is 1.77. The number of aromatic nitrogens is 1. The summed E-state index contributed by atoms with van der Waals surface area (Å²) in [7, 11) is 0. The van der Waals surface area contributed by atoms with Gasteiger partial charge < -0.3 is 9.64 Å². The lowest BCUT2D eigenvalue weighted by Gasteiger charge is -2.26. The van der Waals surface area contributed by atoms with Gasteiger partial charge in [0.05, 0.1) is 17.3 Å². The molecule has 1 saturated heterocycles. The molecule has 4 nitrogen and oxygen atoms in total. The van der Waals surface area contributed by atoms with Gasteiger partial charge in [0, 0.05) is 47.0 Å². The first-order chi connectivity index (χ1) is 15.1. The second kappa shape index (κ2) is 10.0. The molecule has 2 aromatic carbocycles. The highest BCUT2D eigenvalue weighted by Gasteiger charge is 2.23. The Hall–Kier alpha value is -2.08. The van der Waals surface area contributed by atoms with E-state index in [1.54, 1.807) is 11.8 Å². The van der Waals surface area contributed by atoms with Crippen LogP contribution in [0.15, 0.2) is 53.4 Å². The van der Waals surface area contributed by atoms with Crippen LogP contribution < -0.4 is 0 Å². The van der Waals surface area contributed by atoms with Crippen molar-refractivity contribution >= 4 is 40.2 Å². The minimum absolute atomic E-state index is 0.118. The van der Waals surface area contributed by atoms with Gasteiger partial charge in [-0.2, -0.15) is 0 Å². The molecule has 6 heteroatoms. The summed E-state index contributed by atoms with van der Waals surface area (Å²) < 4.78 is 5.81. The minimum Gasteiger partial charge on any atom is -0.376 e. The summed E-state index contributed by atoms with van der Waals surface area (Å²) in [4.78, 5) is 20.9. The van der Waals surface area contributed by atoms with E-state index in [1.165, 1.54) is 4.90 Å². The molecule has 162 valence electrons. The van der Waals surface area contributed by atoms with Crippen molar-refractivity contribution in [1.29, 1.82) is 0 Å². The van der Waals surface area contributed by atoms with E-state index < -0.39 is 0 Å². The Morgan fingerprint density at radius 1 is 1.23 bits per heavy atom. The Bertz CT molecular complexity index is 1070. The van der Waals surface area contributed by atoms with Crippen LogP contribution in [0.4, 0.5) is 0 Å². The number of halogens is 1. The monoisotopic (exact) mass is 454 g/mol. The number of benzene rings is 2. The SMILES string of the molecule is CCC(=O)N(Cc1cc2ccc(SC)cc2nc1-c1ccc(Cl)cc1)C[C@H]1CCCO1. The molecule has 1 aliphatic heterocycles. The zero-order chi connectivity index (χ0) is 21.8. The van der Waals surface area contributed by atoms with Crippen molar-refractivity contribution in [2.75, 3.05) is 19.4 Å². The third-order valence-corrected chi connectivity index (χ3v) is 6.66. The van der Waals surface area contributed by atoms with E-state index >= 15 is 0 Å². The summed E-state index contributed by atoms with van der Waals surface area (Å²) in [6.07, 6.45) is 4.72. The molecule has 1 fully saturated rings. The average Bonchev–Trinajstić information content (AvgIpc) is 3.31. The Labute approximate surface area is 192 Å². The molecule has 0 radical (unpaired) electrons. The number of carbonyl (C=O) groups is 1. The number of hydrogen-bond acceptors (Lipinski definition) is 4. The molecule has 31 heavy (non-hydrogen) atoms. The fraction of sp³-hybridized carbons (Fsp3) is 0.360. The predicted molar refractivity (Wildman–Crippen MR) is 129 cm³/mol. The Morgan fingerprint density at radius 3 is 2.71 bits per heavy atom. The zero-order valence-corrected chi connectivity index (χ0v) is 19.5. The minimum atomic E-state index is 0.118. The van der Waals surface area contributed by atoms with Gasteiger partial charge in [-0.15, -0.1) is 11.8 Å². The first-order valence-electron chi connectivity index (χ1n) is 10.7. The Balaban J connectivity index is 1.76. The number of pyridine rings is 1. The number of rotatable bonds is 7. The second-order valence-electron chi connectivity index (χ2n) is 7.82. The molecule has 1 aliphatic rings. The number of hydrogen-bond donors (Lipinski definition) is 0. The number of nitrogens with zero attached hydrogens (tertiary/aromatic N) is 2. The van der Waals surface area contributed by atoms with Gasteiger partial charge in [-0.1, -0.05) is 36.7 Å². The van der Waals surface area contributed by atoms with Gasteiger partial charge >= 0.3 is 0 Å². The van der Waals surface area contributed by atoms with E-state index in [2.05, 4.69) is 30.5 Å². The van der Waals surface area contributed by atoms with Crippen molar-refractivity contribution in [3.05, 3.63) is 59.1 Å². The van der Waals surface area contributed by atoms with Gasteiger partial charge in [-0.05, 0) is 55.0 Å². The Morgan fingerprint density at radius 2 is 2.03 bits per heavy atom. The van der Waals surface area contributed by atoms with Crippen molar-refractivity contribution in [3.63, 3.8) is 0 Å². The molecule has 0 spiro atoms. The largest absolute Gasteiger partial charge is 0.376 e. The molecule has 3 aromatic rings. The number of fused-ring (bicyclic) bond motifs is 1. The smallest absolute Gasteiger partial charge is 0.222 e. The highest BCUT2D eigenvalue weighted by molar-refractivity contribution is 7.98. The van der Waals surface area contributed by atoms with Crippen molar-refractivity contribution in [1.82, 2.24) is 9.88 Å². The van der Waals surface area contributed by atoms with Crippen LogP contribution in [0.5, 0.6) is 0 Å². The van der Waals surface area contributed by atoms with Crippen LogP contribution >= 0.6 is 23.4 Å². The molecular formula is C25H27ClN2O2S. The zero-order valence-electron chi connectivity index (χ0n) is 17.9. The molecular weight excluding hydrogens is 428 g/mol. The number of carbonyl (C=O) groups excluding carboxylic acids is 1. The second-order valence-corrected chi connectivity index (χ2v) is 9.14. The highest BCUT2D eigenvalue weighted by atomic mass is 35.5. The van der Waals surface area contributed by atoms with Crippen LogP contribution in [0.2, 0.25) is 5.02 Å². The van der Waals surface area contributed by atoms with Gasteiger partial charge in [0.15, 0.2) is 0 Å². The van der Waals surface area contributed by atoms with E-state index in [9.17, 15) is 4.79 Å². The van der Waals surface area contributed by atoms with E-state index in [0.717, 1.165) is 47.2 Å². The van der Waals surface area contributed by atoms with Gasteiger partial charge in [0.2, 0.25) is 5.91 Å². The van der Waals surface area contributed by atoms with Crippen LogP contribution in [-0.2, 0) is 16.1 Å². The molecule has 1 atom stereocenters. The van der Waals surface area contributed by atoms with E-state index in [-0.39, 0.29) is 12.0 Å². The van der Waals surface area contributed by atoms with E-state index in [1.807, 2.05) is 36.1 Å². The molecule has 0 unspecified atom stereocenters. The number of ether oxygens (including phenoxy) is 1. The van der Waals surface area contributed by atoms with Crippen molar-refractivity contribution < 1.29 is 9.53 Å². The van der Waals surface area contributed by atoms with Crippen molar-refractivity contribution in [3.8, 4) is 11.3 Å². The van der Waals surface area contributed by atoms with Crippen molar-refractivity contribution in [2.24, 2.45) is 0 Å². The number of thioether (sulfide) groups is 1. The maximum absolute atomic E-state index is 12.8. The normalized spacial score (nSPS) is 16.0. The molecule has 1 amide bonds. The summed E-state index contributed by atoms with van der Waals surface area (Å²) in [5.74, 6) is 0.135. The summed E-state index contributed by atoms with van der Waals surface area (Å²) >= 11 is 7.83. The number of amides is 1. The van der Waals surface area contributed by atoms with Gasteiger partial charge in [0.1, 0.15) is 0 Å².